The quantitative estimate of drug-likeness (QED) is 0.721. The second kappa shape index (κ2) is 7.60. The van der Waals surface area contributed by atoms with E-state index in [0.29, 0.717) is 33.9 Å². The number of halogens is 1. The van der Waals surface area contributed by atoms with Gasteiger partial charge in [-0.2, -0.15) is 0 Å². The van der Waals surface area contributed by atoms with Crippen LogP contribution in [0, 0.1) is 5.82 Å². The minimum absolute atomic E-state index is 0.0758. The summed E-state index contributed by atoms with van der Waals surface area (Å²) in [4.78, 5) is 12.3. The first-order valence-corrected chi connectivity index (χ1v) is 8.76. The van der Waals surface area contributed by atoms with Crippen LogP contribution < -0.4 is 19.5 Å². The SMILES string of the molecule is COc1cc(C2NC(=O)c3ccccc3O2)ccc1OCc1ccccc1F. The monoisotopic (exact) mass is 379 g/mol. The number of para-hydroxylation sites is 1. The number of amides is 1. The van der Waals surface area contributed by atoms with Gasteiger partial charge in [0.05, 0.1) is 12.7 Å². The maximum absolute atomic E-state index is 13.8. The number of rotatable bonds is 5. The topological polar surface area (TPSA) is 56.8 Å². The number of hydrogen-bond acceptors (Lipinski definition) is 4. The highest BCUT2D eigenvalue weighted by atomic mass is 19.1. The van der Waals surface area contributed by atoms with Crippen LogP contribution in [-0.2, 0) is 6.61 Å². The highest BCUT2D eigenvalue weighted by Gasteiger charge is 2.27. The van der Waals surface area contributed by atoms with Crippen LogP contribution in [0.2, 0.25) is 0 Å². The molecule has 1 unspecified atom stereocenters. The molecule has 1 N–H and O–H groups in total. The summed E-state index contributed by atoms with van der Waals surface area (Å²) in [6.07, 6.45) is -0.642. The fraction of sp³-hybridized carbons (Fsp3) is 0.136. The summed E-state index contributed by atoms with van der Waals surface area (Å²) in [5, 5.41) is 2.82. The lowest BCUT2D eigenvalue weighted by Crippen LogP contribution is -2.36. The summed E-state index contributed by atoms with van der Waals surface area (Å²) in [5.74, 6) is 0.929. The van der Waals surface area contributed by atoms with Gasteiger partial charge in [-0.1, -0.05) is 30.3 Å². The zero-order valence-corrected chi connectivity index (χ0v) is 15.1. The van der Waals surface area contributed by atoms with Crippen LogP contribution in [0.15, 0.2) is 66.7 Å². The van der Waals surface area contributed by atoms with Gasteiger partial charge in [-0.15, -0.1) is 0 Å². The molecule has 0 fully saturated rings. The van der Waals surface area contributed by atoms with Gasteiger partial charge >= 0.3 is 0 Å². The number of carbonyl (C=O) groups excluding carboxylic acids is 1. The molecule has 1 aliphatic rings. The number of ether oxygens (including phenoxy) is 3. The number of benzene rings is 3. The Kier molecular flexibility index (Phi) is 4.85. The third-order valence-corrected chi connectivity index (χ3v) is 4.47. The Morgan fingerprint density at radius 2 is 1.82 bits per heavy atom. The van der Waals surface area contributed by atoms with Gasteiger partial charge in [-0.3, -0.25) is 4.79 Å². The molecule has 3 aromatic carbocycles. The van der Waals surface area contributed by atoms with Gasteiger partial charge in [0.1, 0.15) is 18.2 Å². The first-order chi connectivity index (χ1) is 13.7. The summed E-state index contributed by atoms with van der Waals surface area (Å²) in [5.41, 5.74) is 1.65. The van der Waals surface area contributed by atoms with E-state index in [1.807, 2.05) is 6.07 Å². The molecule has 1 heterocycles. The molecule has 5 nitrogen and oxygen atoms in total. The Morgan fingerprint density at radius 1 is 1.04 bits per heavy atom. The van der Waals surface area contributed by atoms with Crippen molar-refractivity contribution >= 4 is 5.91 Å². The number of nitrogens with one attached hydrogen (secondary N) is 1. The molecule has 0 spiro atoms. The van der Waals surface area contributed by atoms with E-state index in [1.165, 1.54) is 13.2 Å². The highest BCUT2D eigenvalue weighted by molar-refractivity contribution is 5.98. The fourth-order valence-corrected chi connectivity index (χ4v) is 3.00. The first-order valence-electron chi connectivity index (χ1n) is 8.76. The molecule has 28 heavy (non-hydrogen) atoms. The zero-order valence-electron chi connectivity index (χ0n) is 15.1. The summed E-state index contributed by atoms with van der Waals surface area (Å²) < 4.78 is 30.8. The van der Waals surface area contributed by atoms with Crippen molar-refractivity contribution in [2.45, 2.75) is 12.8 Å². The highest BCUT2D eigenvalue weighted by Crippen LogP contribution is 2.34. The average Bonchev–Trinajstić information content (AvgIpc) is 2.73. The number of fused-ring (bicyclic) bond motifs is 1. The second-order valence-electron chi connectivity index (χ2n) is 6.26. The smallest absolute Gasteiger partial charge is 0.258 e. The van der Waals surface area contributed by atoms with E-state index in [-0.39, 0.29) is 18.3 Å². The van der Waals surface area contributed by atoms with Crippen molar-refractivity contribution in [3.8, 4) is 17.2 Å². The van der Waals surface area contributed by atoms with Crippen LogP contribution in [0.4, 0.5) is 4.39 Å². The first kappa shape index (κ1) is 17.9. The Bertz CT molecular complexity index is 1020. The largest absolute Gasteiger partial charge is 0.493 e. The Morgan fingerprint density at radius 3 is 2.64 bits per heavy atom. The predicted octanol–water partition coefficient (Wildman–Crippen LogP) is 4.23. The molecule has 3 aromatic rings. The maximum atomic E-state index is 13.8. The van der Waals surface area contributed by atoms with Crippen molar-refractivity contribution in [1.29, 1.82) is 0 Å². The molecule has 0 aromatic heterocycles. The molecule has 0 saturated carbocycles. The number of methoxy groups -OCH3 is 1. The minimum atomic E-state index is -0.642. The Labute approximate surface area is 161 Å². The van der Waals surface area contributed by atoms with E-state index in [1.54, 1.807) is 54.6 Å². The van der Waals surface area contributed by atoms with Gasteiger partial charge in [0.25, 0.3) is 5.91 Å². The summed E-state index contributed by atoms with van der Waals surface area (Å²) in [6, 6.07) is 18.7. The normalized spacial score (nSPS) is 15.2. The lowest BCUT2D eigenvalue weighted by molar-refractivity contribution is 0.0755. The average molecular weight is 379 g/mol. The van der Waals surface area contributed by atoms with Crippen molar-refractivity contribution in [2.75, 3.05) is 7.11 Å². The zero-order chi connectivity index (χ0) is 19.5. The molecule has 1 aliphatic heterocycles. The van der Waals surface area contributed by atoms with Crippen LogP contribution in [0.1, 0.15) is 27.7 Å². The summed E-state index contributed by atoms with van der Waals surface area (Å²) in [6.45, 7) is 0.0758. The van der Waals surface area contributed by atoms with Crippen LogP contribution >= 0.6 is 0 Å². The third kappa shape index (κ3) is 3.49. The van der Waals surface area contributed by atoms with Gasteiger partial charge in [0, 0.05) is 11.1 Å². The van der Waals surface area contributed by atoms with Gasteiger partial charge in [-0.05, 0) is 36.4 Å². The lowest BCUT2D eigenvalue weighted by Gasteiger charge is -2.27. The summed E-state index contributed by atoms with van der Waals surface area (Å²) in [7, 11) is 1.52. The van der Waals surface area contributed by atoms with Crippen molar-refractivity contribution in [3.63, 3.8) is 0 Å². The van der Waals surface area contributed by atoms with Crippen molar-refractivity contribution in [3.05, 3.63) is 89.2 Å². The maximum Gasteiger partial charge on any atom is 0.258 e. The molecular weight excluding hydrogens is 361 g/mol. The fourth-order valence-electron chi connectivity index (χ4n) is 3.00. The molecule has 142 valence electrons. The van der Waals surface area contributed by atoms with Gasteiger partial charge in [-0.25, -0.2) is 4.39 Å². The Hall–Kier alpha value is -3.54. The van der Waals surface area contributed by atoms with E-state index in [4.69, 9.17) is 14.2 Å². The summed E-state index contributed by atoms with van der Waals surface area (Å²) >= 11 is 0. The van der Waals surface area contributed by atoms with Crippen molar-refractivity contribution < 1.29 is 23.4 Å². The van der Waals surface area contributed by atoms with E-state index in [2.05, 4.69) is 5.32 Å². The molecule has 0 saturated heterocycles. The van der Waals surface area contributed by atoms with Gasteiger partial charge in [0.15, 0.2) is 17.7 Å². The standard InChI is InChI=1S/C22H18FNO4/c1-26-20-12-14(22-24-21(25)16-7-3-5-9-18(16)28-22)10-11-19(20)27-13-15-6-2-4-8-17(15)23/h2-12,22H,13H2,1H3,(H,24,25). The lowest BCUT2D eigenvalue weighted by atomic mass is 10.1. The molecule has 1 atom stereocenters. The molecule has 4 rings (SSSR count). The number of hydrogen-bond donors (Lipinski definition) is 1. The van der Waals surface area contributed by atoms with Crippen LogP contribution in [-0.4, -0.2) is 13.0 Å². The Balaban J connectivity index is 1.54. The molecule has 0 aliphatic carbocycles. The molecule has 0 bridgehead atoms. The van der Waals surface area contributed by atoms with E-state index in [9.17, 15) is 9.18 Å². The minimum Gasteiger partial charge on any atom is -0.493 e. The molecular formula is C22H18FNO4. The predicted molar refractivity (Wildman–Crippen MR) is 101 cm³/mol. The molecule has 6 heteroatoms. The van der Waals surface area contributed by atoms with Crippen molar-refractivity contribution in [1.82, 2.24) is 5.32 Å². The molecule has 1 amide bonds. The van der Waals surface area contributed by atoms with Crippen molar-refractivity contribution in [2.24, 2.45) is 0 Å². The van der Waals surface area contributed by atoms with Gasteiger partial charge < -0.3 is 19.5 Å². The van der Waals surface area contributed by atoms with Crippen LogP contribution in [0.3, 0.4) is 0 Å². The van der Waals surface area contributed by atoms with E-state index >= 15 is 0 Å². The van der Waals surface area contributed by atoms with Crippen LogP contribution in [0.5, 0.6) is 17.2 Å². The third-order valence-electron chi connectivity index (χ3n) is 4.47. The van der Waals surface area contributed by atoms with Gasteiger partial charge in [0.2, 0.25) is 0 Å². The second-order valence-corrected chi connectivity index (χ2v) is 6.26. The molecule has 0 radical (unpaired) electrons. The van der Waals surface area contributed by atoms with E-state index < -0.39 is 6.23 Å². The van der Waals surface area contributed by atoms with E-state index in [0.717, 1.165) is 0 Å². The number of carbonyl (C=O) groups is 1. The van der Waals surface area contributed by atoms with Crippen LogP contribution in [0.25, 0.3) is 0 Å².